The van der Waals surface area contributed by atoms with Gasteiger partial charge in [0, 0.05) is 24.8 Å². The van der Waals surface area contributed by atoms with E-state index in [1.165, 1.54) is 11.3 Å². The first-order valence-electron chi connectivity index (χ1n) is 5.99. The zero-order valence-corrected chi connectivity index (χ0v) is 10.1. The topological polar surface area (TPSA) is 15.3 Å². The van der Waals surface area contributed by atoms with Crippen LogP contribution >= 0.6 is 0 Å². The third-order valence-electron chi connectivity index (χ3n) is 3.24. The molecular weight excluding hydrogens is 196 g/mol. The molecule has 1 aliphatic heterocycles. The summed E-state index contributed by atoms with van der Waals surface area (Å²) in [4.78, 5) is 2.45. The maximum atomic E-state index is 3.32. The summed E-state index contributed by atoms with van der Waals surface area (Å²) >= 11 is 0. The highest BCUT2D eigenvalue weighted by Crippen LogP contribution is 2.27. The zero-order chi connectivity index (χ0) is 11.4. The highest BCUT2D eigenvalue weighted by molar-refractivity contribution is 5.55. The summed E-state index contributed by atoms with van der Waals surface area (Å²) in [5.74, 6) is 0. The molecule has 2 heteroatoms. The van der Waals surface area contributed by atoms with Gasteiger partial charge in [-0.15, -0.1) is 0 Å². The van der Waals surface area contributed by atoms with E-state index in [0.717, 1.165) is 19.5 Å². The van der Waals surface area contributed by atoms with Crippen molar-refractivity contribution in [1.29, 1.82) is 0 Å². The molecule has 0 spiro atoms. The minimum atomic E-state index is 0.405. The number of benzene rings is 1. The number of hydrogen-bond acceptors (Lipinski definition) is 2. The van der Waals surface area contributed by atoms with E-state index in [4.69, 9.17) is 0 Å². The van der Waals surface area contributed by atoms with Crippen LogP contribution in [0.15, 0.2) is 36.4 Å². The van der Waals surface area contributed by atoms with Crippen LogP contribution in [0.3, 0.4) is 0 Å². The average molecular weight is 216 g/mol. The summed E-state index contributed by atoms with van der Waals surface area (Å²) in [6, 6.07) is 9.09. The third kappa shape index (κ3) is 2.27. The highest BCUT2D eigenvalue weighted by atomic mass is 15.1. The summed E-state index contributed by atoms with van der Waals surface area (Å²) in [5, 5.41) is 3.32. The van der Waals surface area contributed by atoms with Crippen molar-refractivity contribution in [2.75, 3.05) is 25.0 Å². The molecule has 2 nitrogen and oxygen atoms in total. The Morgan fingerprint density at radius 1 is 1.25 bits per heavy atom. The normalized spacial score (nSPS) is 17.5. The number of hydrogen-bond donors (Lipinski definition) is 1. The number of para-hydroxylation sites is 1. The molecule has 86 valence electrons. The molecule has 1 heterocycles. The molecule has 0 fully saturated rings. The number of nitrogens with one attached hydrogen (secondary N) is 1. The van der Waals surface area contributed by atoms with E-state index in [-0.39, 0.29) is 0 Å². The van der Waals surface area contributed by atoms with Gasteiger partial charge in [-0.2, -0.15) is 0 Å². The van der Waals surface area contributed by atoms with Gasteiger partial charge in [-0.05, 0) is 32.0 Å². The van der Waals surface area contributed by atoms with Crippen molar-refractivity contribution in [3.63, 3.8) is 0 Å². The van der Waals surface area contributed by atoms with Crippen LogP contribution in [0.4, 0.5) is 5.69 Å². The Kier molecular flexibility index (Phi) is 3.62. The average Bonchev–Trinajstić information content (AvgIpc) is 2.39. The largest absolute Gasteiger partial charge is 0.367 e. The fraction of sp³-hybridized carbons (Fsp3) is 0.429. The van der Waals surface area contributed by atoms with Crippen LogP contribution in [-0.2, 0) is 0 Å². The van der Waals surface area contributed by atoms with Crippen molar-refractivity contribution in [3.8, 4) is 0 Å². The summed E-state index contributed by atoms with van der Waals surface area (Å²) in [7, 11) is 2.01. The van der Waals surface area contributed by atoms with Crippen molar-refractivity contribution in [2.24, 2.45) is 0 Å². The lowest BCUT2D eigenvalue weighted by Gasteiger charge is -2.29. The van der Waals surface area contributed by atoms with Gasteiger partial charge in [0.1, 0.15) is 0 Å². The van der Waals surface area contributed by atoms with Gasteiger partial charge in [0.05, 0.1) is 0 Å². The van der Waals surface area contributed by atoms with Gasteiger partial charge in [0.25, 0.3) is 0 Å². The Labute approximate surface area is 98.0 Å². The highest BCUT2D eigenvalue weighted by Gasteiger charge is 2.14. The molecule has 1 atom stereocenters. The molecule has 0 saturated carbocycles. The summed E-state index contributed by atoms with van der Waals surface area (Å²) < 4.78 is 0. The number of nitrogens with zero attached hydrogens (tertiary/aromatic N) is 1. The van der Waals surface area contributed by atoms with Gasteiger partial charge in [0.2, 0.25) is 0 Å². The number of anilines is 1. The van der Waals surface area contributed by atoms with Gasteiger partial charge in [-0.3, -0.25) is 0 Å². The molecule has 0 amide bonds. The number of rotatable bonds is 3. The SMILES string of the molecule is CNC(C)c1ccccc1N1CC=CCC1. The van der Waals surface area contributed by atoms with Crippen molar-refractivity contribution in [2.45, 2.75) is 19.4 Å². The molecule has 1 unspecified atom stereocenters. The Morgan fingerprint density at radius 2 is 2.06 bits per heavy atom. The second-order valence-corrected chi connectivity index (χ2v) is 4.28. The third-order valence-corrected chi connectivity index (χ3v) is 3.24. The van der Waals surface area contributed by atoms with E-state index < -0.39 is 0 Å². The van der Waals surface area contributed by atoms with E-state index in [1.54, 1.807) is 0 Å². The van der Waals surface area contributed by atoms with Crippen LogP contribution in [0.5, 0.6) is 0 Å². The van der Waals surface area contributed by atoms with E-state index in [9.17, 15) is 0 Å². The fourth-order valence-corrected chi connectivity index (χ4v) is 2.16. The molecular formula is C14H20N2. The Balaban J connectivity index is 2.28. The van der Waals surface area contributed by atoms with Crippen LogP contribution < -0.4 is 10.2 Å². The lowest BCUT2D eigenvalue weighted by atomic mass is 10.0. The Hall–Kier alpha value is -1.28. The Morgan fingerprint density at radius 3 is 2.75 bits per heavy atom. The van der Waals surface area contributed by atoms with Crippen molar-refractivity contribution in [3.05, 3.63) is 42.0 Å². The van der Waals surface area contributed by atoms with Crippen molar-refractivity contribution < 1.29 is 0 Å². The van der Waals surface area contributed by atoms with Gasteiger partial charge in [-0.25, -0.2) is 0 Å². The van der Waals surface area contributed by atoms with Crippen LogP contribution in [0.2, 0.25) is 0 Å². The first-order chi connectivity index (χ1) is 7.83. The van der Waals surface area contributed by atoms with Crippen LogP contribution in [0.1, 0.15) is 24.9 Å². The lowest BCUT2D eigenvalue weighted by molar-refractivity contribution is 0.647. The van der Waals surface area contributed by atoms with Gasteiger partial charge in [-0.1, -0.05) is 30.4 Å². The second kappa shape index (κ2) is 5.17. The van der Waals surface area contributed by atoms with E-state index in [1.807, 2.05) is 7.05 Å². The Bertz CT molecular complexity index is 371. The lowest BCUT2D eigenvalue weighted by Crippen LogP contribution is -2.29. The maximum absolute atomic E-state index is 3.32. The van der Waals surface area contributed by atoms with Crippen LogP contribution in [0.25, 0.3) is 0 Å². The standard InChI is InChI=1S/C14H20N2/c1-12(15-2)13-8-4-5-9-14(13)16-10-6-3-7-11-16/h3-6,8-9,12,15H,7,10-11H2,1-2H3. The second-order valence-electron chi connectivity index (χ2n) is 4.28. The van der Waals surface area contributed by atoms with Gasteiger partial charge in [0.15, 0.2) is 0 Å². The first kappa shape index (κ1) is 11.2. The molecule has 0 bridgehead atoms. The quantitative estimate of drug-likeness (QED) is 0.782. The molecule has 2 rings (SSSR count). The van der Waals surface area contributed by atoms with Crippen molar-refractivity contribution in [1.82, 2.24) is 5.32 Å². The van der Waals surface area contributed by atoms with Crippen LogP contribution in [-0.4, -0.2) is 20.1 Å². The zero-order valence-electron chi connectivity index (χ0n) is 10.1. The minimum absolute atomic E-state index is 0.405. The molecule has 0 aliphatic carbocycles. The molecule has 1 aromatic rings. The summed E-state index contributed by atoms with van der Waals surface area (Å²) in [6.45, 7) is 4.37. The molecule has 16 heavy (non-hydrogen) atoms. The predicted octanol–water partition coefficient (Wildman–Crippen LogP) is 2.73. The van der Waals surface area contributed by atoms with Gasteiger partial charge < -0.3 is 10.2 Å². The summed E-state index contributed by atoms with van der Waals surface area (Å²) in [5.41, 5.74) is 2.76. The molecule has 0 saturated heterocycles. The molecule has 1 aromatic carbocycles. The maximum Gasteiger partial charge on any atom is 0.0417 e. The monoisotopic (exact) mass is 216 g/mol. The fourth-order valence-electron chi connectivity index (χ4n) is 2.16. The van der Waals surface area contributed by atoms with E-state index in [0.29, 0.717) is 6.04 Å². The summed E-state index contributed by atoms with van der Waals surface area (Å²) in [6.07, 6.45) is 5.67. The molecule has 0 radical (unpaired) electrons. The first-order valence-corrected chi connectivity index (χ1v) is 5.99. The molecule has 0 aromatic heterocycles. The van der Waals surface area contributed by atoms with E-state index in [2.05, 4.69) is 53.6 Å². The van der Waals surface area contributed by atoms with E-state index >= 15 is 0 Å². The smallest absolute Gasteiger partial charge is 0.0417 e. The van der Waals surface area contributed by atoms with Gasteiger partial charge >= 0.3 is 0 Å². The van der Waals surface area contributed by atoms with Crippen molar-refractivity contribution >= 4 is 5.69 Å². The predicted molar refractivity (Wildman–Crippen MR) is 69.9 cm³/mol. The minimum Gasteiger partial charge on any atom is -0.367 e. The molecule has 1 aliphatic rings. The molecule has 1 N–H and O–H groups in total. The van der Waals surface area contributed by atoms with Crippen LogP contribution in [0, 0.1) is 0 Å².